The molecule has 0 fully saturated rings. The van der Waals surface area contributed by atoms with Gasteiger partial charge in [-0.25, -0.2) is 9.37 Å². The lowest BCUT2D eigenvalue weighted by Gasteiger charge is -2.13. The Kier molecular flexibility index (Phi) is 6.92. The van der Waals surface area contributed by atoms with Crippen molar-refractivity contribution in [1.82, 2.24) is 10.3 Å². The molecular weight excluding hydrogens is 399 g/mol. The predicted octanol–water partition coefficient (Wildman–Crippen LogP) is 3.33. The van der Waals surface area contributed by atoms with Gasteiger partial charge in [0.15, 0.2) is 0 Å². The minimum atomic E-state index is -0.407. The molecule has 0 bridgehead atoms. The smallest absolute Gasteiger partial charge is 0.251 e. The Morgan fingerprint density at radius 1 is 1.19 bits per heavy atom. The van der Waals surface area contributed by atoms with Crippen LogP contribution in [0.1, 0.15) is 23.7 Å². The molecule has 5 N–H and O–H groups in total. The van der Waals surface area contributed by atoms with Gasteiger partial charge in [0.25, 0.3) is 5.91 Å². The van der Waals surface area contributed by atoms with Gasteiger partial charge < -0.3 is 26.3 Å². The number of fused-ring (bicyclic) bond motifs is 1. The fraction of sp³-hybridized carbons (Fsp3) is 0.217. The zero-order valence-corrected chi connectivity index (χ0v) is 17.4. The van der Waals surface area contributed by atoms with Gasteiger partial charge in [-0.3, -0.25) is 4.79 Å². The molecule has 1 aromatic heterocycles. The van der Waals surface area contributed by atoms with Gasteiger partial charge in [-0.05, 0) is 37.3 Å². The summed E-state index contributed by atoms with van der Waals surface area (Å²) < 4.78 is 24.7. The molecule has 0 saturated heterocycles. The summed E-state index contributed by atoms with van der Waals surface area (Å²) in [5.74, 6) is 0.308. The maximum Gasteiger partial charge on any atom is 0.251 e. The van der Waals surface area contributed by atoms with Crippen LogP contribution in [-0.4, -0.2) is 31.2 Å². The van der Waals surface area contributed by atoms with E-state index in [9.17, 15) is 9.18 Å². The molecule has 1 amide bonds. The fourth-order valence-corrected chi connectivity index (χ4v) is 3.13. The predicted molar refractivity (Wildman–Crippen MR) is 118 cm³/mol. The monoisotopic (exact) mass is 424 g/mol. The highest BCUT2D eigenvalue weighted by atomic mass is 19.1. The minimum Gasteiger partial charge on any atom is -0.496 e. The number of pyridine rings is 1. The van der Waals surface area contributed by atoms with Crippen molar-refractivity contribution in [2.75, 3.05) is 20.3 Å². The van der Waals surface area contributed by atoms with Crippen LogP contribution in [0.2, 0.25) is 0 Å². The highest BCUT2D eigenvalue weighted by molar-refractivity contribution is 5.99. The summed E-state index contributed by atoms with van der Waals surface area (Å²) in [6.45, 7) is 2.70. The molecule has 0 aliphatic carbocycles. The van der Waals surface area contributed by atoms with Crippen LogP contribution in [0.4, 0.5) is 4.39 Å². The average molecular weight is 424 g/mol. The lowest BCUT2D eigenvalue weighted by Crippen LogP contribution is -2.25. The number of nitrogens with two attached hydrogens (primary N) is 2. The molecule has 0 unspecified atom stereocenters. The van der Waals surface area contributed by atoms with Crippen LogP contribution >= 0.6 is 0 Å². The summed E-state index contributed by atoms with van der Waals surface area (Å²) in [6.07, 6.45) is 1.77. The number of rotatable bonds is 8. The van der Waals surface area contributed by atoms with Crippen molar-refractivity contribution in [3.8, 4) is 22.8 Å². The number of carbonyl (C=O) groups is 1. The van der Waals surface area contributed by atoms with Crippen molar-refractivity contribution >= 4 is 16.8 Å². The number of halogens is 1. The minimum absolute atomic E-state index is 0.253. The summed E-state index contributed by atoms with van der Waals surface area (Å²) in [4.78, 5) is 17.2. The van der Waals surface area contributed by atoms with Crippen LogP contribution in [0.3, 0.4) is 0 Å². The quantitative estimate of drug-likeness (QED) is 0.511. The third kappa shape index (κ3) is 5.03. The Hall–Kier alpha value is -3.81. The van der Waals surface area contributed by atoms with Crippen molar-refractivity contribution in [2.45, 2.75) is 13.3 Å². The number of benzene rings is 2. The first kappa shape index (κ1) is 21.9. The van der Waals surface area contributed by atoms with E-state index in [1.54, 1.807) is 30.3 Å². The van der Waals surface area contributed by atoms with E-state index < -0.39 is 5.82 Å². The van der Waals surface area contributed by atoms with Gasteiger partial charge in [-0.1, -0.05) is 0 Å². The first-order chi connectivity index (χ1) is 15.0. The third-order valence-corrected chi connectivity index (χ3v) is 4.69. The van der Waals surface area contributed by atoms with Gasteiger partial charge in [0.05, 0.1) is 24.9 Å². The molecule has 3 aromatic rings. The molecule has 3 rings (SSSR count). The van der Waals surface area contributed by atoms with Gasteiger partial charge in [-0.2, -0.15) is 0 Å². The van der Waals surface area contributed by atoms with Crippen molar-refractivity contribution in [3.05, 3.63) is 65.7 Å². The van der Waals surface area contributed by atoms with Crippen molar-refractivity contribution in [3.63, 3.8) is 0 Å². The Balaban J connectivity index is 2.01. The molecule has 0 aliphatic heterocycles. The number of hydrogen-bond acceptors (Lipinski definition) is 6. The van der Waals surface area contributed by atoms with Gasteiger partial charge in [0.2, 0.25) is 0 Å². The molecule has 162 valence electrons. The second kappa shape index (κ2) is 9.80. The van der Waals surface area contributed by atoms with Crippen LogP contribution in [0.5, 0.6) is 11.5 Å². The van der Waals surface area contributed by atoms with E-state index in [1.807, 2.05) is 6.92 Å². The van der Waals surface area contributed by atoms with Crippen molar-refractivity contribution < 1.29 is 18.7 Å². The van der Waals surface area contributed by atoms with Crippen LogP contribution in [-0.2, 0) is 0 Å². The van der Waals surface area contributed by atoms with Gasteiger partial charge in [-0.15, -0.1) is 0 Å². The number of aromatic nitrogens is 1. The second-order valence-corrected chi connectivity index (χ2v) is 6.76. The van der Waals surface area contributed by atoms with Gasteiger partial charge in [0.1, 0.15) is 17.3 Å². The maximum absolute atomic E-state index is 13.6. The van der Waals surface area contributed by atoms with E-state index in [0.29, 0.717) is 59.1 Å². The Morgan fingerprint density at radius 3 is 2.71 bits per heavy atom. The number of nitrogens with one attached hydrogen (secondary N) is 1. The molecule has 8 heteroatoms. The highest BCUT2D eigenvalue weighted by Crippen LogP contribution is 2.35. The standard InChI is InChI=1S/C23H25FN4O3/c1-3-31-22-12-20(17-7-5-15(24)11-21(17)30-2)28-19-10-14(4-6-18(19)22)23(29)27-9-8-16(26)13-25/h4-7,10-13H,3,8-9,25-26H2,1-2H3,(H,27,29)/b16-13-. The molecule has 0 aliphatic rings. The fourth-order valence-electron chi connectivity index (χ4n) is 3.13. The van der Waals surface area contributed by atoms with Crippen LogP contribution in [0.25, 0.3) is 22.2 Å². The largest absolute Gasteiger partial charge is 0.496 e. The average Bonchev–Trinajstić information content (AvgIpc) is 2.78. The van der Waals surface area contributed by atoms with E-state index in [1.165, 1.54) is 25.4 Å². The number of amides is 1. The molecule has 7 nitrogen and oxygen atoms in total. The zero-order chi connectivity index (χ0) is 22.4. The second-order valence-electron chi connectivity index (χ2n) is 6.76. The molecule has 0 spiro atoms. The molecule has 31 heavy (non-hydrogen) atoms. The molecular formula is C23H25FN4O3. The third-order valence-electron chi connectivity index (χ3n) is 4.69. The van der Waals surface area contributed by atoms with E-state index in [0.717, 1.165) is 5.39 Å². The number of carbonyl (C=O) groups excluding carboxylic acids is 1. The SMILES string of the molecule is CCOc1cc(-c2ccc(F)cc2OC)nc2cc(C(=O)NCC/C(N)=C/N)ccc12. The zero-order valence-electron chi connectivity index (χ0n) is 17.4. The van der Waals surface area contributed by atoms with E-state index in [-0.39, 0.29) is 5.91 Å². The van der Waals surface area contributed by atoms with E-state index in [4.69, 9.17) is 20.9 Å². The van der Waals surface area contributed by atoms with Crippen LogP contribution in [0.15, 0.2) is 54.4 Å². The Morgan fingerprint density at radius 2 is 2.00 bits per heavy atom. The van der Waals surface area contributed by atoms with Crippen LogP contribution in [0, 0.1) is 5.82 Å². The topological polar surface area (TPSA) is 112 Å². The number of ether oxygens (including phenoxy) is 2. The lowest BCUT2D eigenvalue weighted by molar-refractivity contribution is 0.0954. The molecule has 0 radical (unpaired) electrons. The van der Waals surface area contributed by atoms with Crippen molar-refractivity contribution in [2.24, 2.45) is 11.5 Å². The molecule has 2 aromatic carbocycles. The summed E-state index contributed by atoms with van der Waals surface area (Å²) in [7, 11) is 1.47. The molecule has 0 saturated carbocycles. The highest BCUT2D eigenvalue weighted by Gasteiger charge is 2.15. The summed E-state index contributed by atoms with van der Waals surface area (Å²) >= 11 is 0. The molecule has 0 atom stereocenters. The number of hydrogen-bond donors (Lipinski definition) is 3. The summed E-state index contributed by atoms with van der Waals surface area (Å²) in [6, 6.07) is 11.2. The first-order valence-electron chi connectivity index (χ1n) is 9.82. The Labute approximate surface area is 179 Å². The Bertz CT molecular complexity index is 1130. The van der Waals surface area contributed by atoms with Gasteiger partial charge in [0, 0.05) is 53.5 Å². The molecule has 1 heterocycles. The van der Waals surface area contributed by atoms with Gasteiger partial charge >= 0.3 is 0 Å². The maximum atomic E-state index is 13.6. The number of methoxy groups -OCH3 is 1. The van der Waals surface area contributed by atoms with Crippen LogP contribution < -0.4 is 26.3 Å². The lowest BCUT2D eigenvalue weighted by atomic mass is 10.1. The van der Waals surface area contributed by atoms with E-state index >= 15 is 0 Å². The number of nitrogens with zero attached hydrogens (tertiary/aromatic N) is 1. The normalized spacial score (nSPS) is 11.4. The first-order valence-corrected chi connectivity index (χ1v) is 9.82. The van der Waals surface area contributed by atoms with E-state index in [2.05, 4.69) is 10.3 Å². The summed E-state index contributed by atoms with van der Waals surface area (Å²) in [5, 5.41) is 3.57. The summed E-state index contributed by atoms with van der Waals surface area (Å²) in [5.41, 5.74) is 13.7. The van der Waals surface area contributed by atoms with Crippen molar-refractivity contribution in [1.29, 1.82) is 0 Å².